The summed E-state index contributed by atoms with van der Waals surface area (Å²) in [6.45, 7) is 4.42. The van der Waals surface area contributed by atoms with Gasteiger partial charge in [-0.25, -0.2) is 9.59 Å². The molecule has 0 spiro atoms. The van der Waals surface area contributed by atoms with E-state index in [0.29, 0.717) is 11.1 Å². The number of esters is 2. The molecule has 0 aromatic heterocycles. The molecule has 0 saturated carbocycles. The van der Waals surface area contributed by atoms with E-state index >= 15 is 0 Å². The van der Waals surface area contributed by atoms with Crippen LogP contribution in [0.3, 0.4) is 0 Å². The van der Waals surface area contributed by atoms with Gasteiger partial charge in [-0.2, -0.15) is 5.26 Å². The summed E-state index contributed by atoms with van der Waals surface area (Å²) < 4.78 is 9.97. The number of nitriles is 1. The second-order valence-electron chi connectivity index (χ2n) is 4.94. The highest BCUT2D eigenvalue weighted by Gasteiger charge is 2.41. The van der Waals surface area contributed by atoms with Crippen molar-refractivity contribution in [3.8, 4) is 6.07 Å². The molecule has 20 heavy (non-hydrogen) atoms. The normalized spacial score (nSPS) is 22.0. The second kappa shape index (κ2) is 4.53. The van der Waals surface area contributed by atoms with Crippen LogP contribution < -0.4 is 0 Å². The molecule has 104 valence electrons. The van der Waals surface area contributed by atoms with E-state index in [2.05, 4.69) is 0 Å². The first-order valence-electron chi connectivity index (χ1n) is 5.97. The summed E-state index contributed by atoms with van der Waals surface area (Å²) in [6, 6.07) is 1.93. The lowest BCUT2D eigenvalue weighted by Crippen LogP contribution is -2.42. The van der Waals surface area contributed by atoms with Gasteiger partial charge in [0.1, 0.15) is 5.76 Å². The van der Waals surface area contributed by atoms with E-state index < -0.39 is 17.7 Å². The van der Waals surface area contributed by atoms with Crippen molar-refractivity contribution in [2.24, 2.45) is 0 Å². The van der Waals surface area contributed by atoms with Gasteiger partial charge in [-0.05, 0) is 13.3 Å². The lowest BCUT2D eigenvalue weighted by atomic mass is 9.91. The molecular formula is C14H13NO5. The number of ether oxygens (including phenoxy) is 2. The van der Waals surface area contributed by atoms with Crippen LogP contribution in [0.5, 0.6) is 0 Å². The number of nitrogens with zero attached hydrogens (tertiary/aromatic N) is 1. The van der Waals surface area contributed by atoms with Gasteiger partial charge in [-0.3, -0.25) is 0 Å². The molecule has 0 unspecified atom stereocenters. The number of hydrogen-bond acceptors (Lipinski definition) is 6. The number of rotatable bonds is 0. The summed E-state index contributed by atoms with van der Waals surface area (Å²) in [5, 5.41) is 19.0. The van der Waals surface area contributed by atoms with Crippen LogP contribution in [0, 0.1) is 11.3 Å². The number of aliphatic hydroxyl groups is 1. The SMILES string of the molecule is CC1=C(O)C(=C2C(=O)OC(C)(C)OC2=O)CC=C1C#N. The van der Waals surface area contributed by atoms with Crippen molar-refractivity contribution < 1.29 is 24.2 Å². The van der Waals surface area contributed by atoms with Gasteiger partial charge in [0.2, 0.25) is 0 Å². The number of carbonyl (C=O) groups excluding carboxylic acids is 2. The van der Waals surface area contributed by atoms with Crippen LogP contribution in [0.2, 0.25) is 0 Å². The summed E-state index contributed by atoms with van der Waals surface area (Å²) >= 11 is 0. The first-order valence-corrected chi connectivity index (χ1v) is 5.97. The van der Waals surface area contributed by atoms with Gasteiger partial charge in [0.05, 0.1) is 11.6 Å². The van der Waals surface area contributed by atoms with E-state index in [1.807, 2.05) is 6.07 Å². The monoisotopic (exact) mass is 275 g/mol. The lowest BCUT2D eigenvalue weighted by molar-refractivity contribution is -0.222. The van der Waals surface area contributed by atoms with Crippen molar-refractivity contribution >= 4 is 11.9 Å². The van der Waals surface area contributed by atoms with Gasteiger partial charge in [-0.1, -0.05) is 6.08 Å². The predicted octanol–water partition coefficient (Wildman–Crippen LogP) is 1.80. The smallest absolute Gasteiger partial charge is 0.349 e. The maximum absolute atomic E-state index is 11.9. The molecule has 1 N–H and O–H groups in total. The van der Waals surface area contributed by atoms with Crippen LogP contribution in [-0.2, 0) is 19.1 Å². The van der Waals surface area contributed by atoms with Gasteiger partial charge in [-0.15, -0.1) is 0 Å². The summed E-state index contributed by atoms with van der Waals surface area (Å²) in [4.78, 5) is 23.8. The zero-order valence-electron chi connectivity index (χ0n) is 11.3. The summed E-state index contributed by atoms with van der Waals surface area (Å²) in [5.74, 6) is -3.26. The van der Waals surface area contributed by atoms with Crippen molar-refractivity contribution in [1.82, 2.24) is 0 Å². The number of hydrogen-bond donors (Lipinski definition) is 1. The minimum Gasteiger partial charge on any atom is -0.507 e. The molecule has 1 fully saturated rings. The fourth-order valence-corrected chi connectivity index (χ4v) is 2.06. The average molecular weight is 275 g/mol. The largest absolute Gasteiger partial charge is 0.507 e. The van der Waals surface area contributed by atoms with E-state index in [0.717, 1.165) is 0 Å². The fraction of sp³-hybridized carbons (Fsp3) is 0.357. The van der Waals surface area contributed by atoms with E-state index in [9.17, 15) is 14.7 Å². The molecule has 1 aliphatic heterocycles. The molecule has 1 aliphatic carbocycles. The molecule has 1 saturated heterocycles. The summed E-state index contributed by atoms with van der Waals surface area (Å²) in [7, 11) is 0. The molecule has 0 radical (unpaired) electrons. The van der Waals surface area contributed by atoms with Crippen molar-refractivity contribution in [3.63, 3.8) is 0 Å². The first-order chi connectivity index (χ1) is 9.26. The summed E-state index contributed by atoms with van der Waals surface area (Å²) in [6.07, 6.45) is 1.63. The molecule has 2 rings (SSSR count). The minimum atomic E-state index is -1.32. The van der Waals surface area contributed by atoms with Crippen LogP contribution in [-0.4, -0.2) is 22.8 Å². The van der Waals surface area contributed by atoms with Crippen molar-refractivity contribution in [1.29, 1.82) is 5.26 Å². The zero-order chi connectivity index (χ0) is 15.1. The topological polar surface area (TPSA) is 96.6 Å². The van der Waals surface area contributed by atoms with Crippen LogP contribution in [0.15, 0.2) is 34.1 Å². The zero-order valence-corrected chi connectivity index (χ0v) is 11.3. The Balaban J connectivity index is 2.51. The molecule has 0 aromatic carbocycles. The molecule has 0 atom stereocenters. The van der Waals surface area contributed by atoms with Crippen LogP contribution >= 0.6 is 0 Å². The number of cyclic esters (lactones) is 2. The predicted molar refractivity (Wildman–Crippen MR) is 66.9 cm³/mol. The van der Waals surface area contributed by atoms with Crippen molar-refractivity contribution in [2.75, 3.05) is 0 Å². The number of aliphatic hydroxyl groups excluding tert-OH is 1. The Bertz CT molecular complexity index is 621. The molecule has 1 heterocycles. The Labute approximate surface area is 115 Å². The minimum absolute atomic E-state index is 0.0893. The highest BCUT2D eigenvalue weighted by Crippen LogP contribution is 2.33. The van der Waals surface area contributed by atoms with Gasteiger partial charge in [0.15, 0.2) is 5.57 Å². The Hall–Kier alpha value is -2.55. The van der Waals surface area contributed by atoms with E-state index in [1.165, 1.54) is 26.8 Å². The van der Waals surface area contributed by atoms with Crippen LogP contribution in [0.25, 0.3) is 0 Å². The van der Waals surface area contributed by atoms with E-state index in [4.69, 9.17) is 14.7 Å². The Morgan fingerprint density at radius 2 is 1.85 bits per heavy atom. The summed E-state index contributed by atoms with van der Waals surface area (Å²) in [5.41, 5.74) is 0.415. The standard InChI is InChI=1S/C14H13NO5/c1-7-8(6-15)4-5-9(11(7)16)10-12(17)19-14(2,3)20-13(10)18/h4,16H,5H2,1-3H3. The number of allylic oxidation sites excluding steroid dienone is 4. The van der Waals surface area contributed by atoms with E-state index in [-0.39, 0.29) is 23.3 Å². The van der Waals surface area contributed by atoms with E-state index in [1.54, 1.807) is 0 Å². The molecule has 2 aliphatic rings. The van der Waals surface area contributed by atoms with Gasteiger partial charge in [0, 0.05) is 25.0 Å². The quantitative estimate of drug-likeness (QED) is 0.411. The Morgan fingerprint density at radius 1 is 1.30 bits per heavy atom. The molecule has 0 aromatic rings. The van der Waals surface area contributed by atoms with Crippen molar-refractivity contribution in [3.05, 3.63) is 34.1 Å². The van der Waals surface area contributed by atoms with Gasteiger partial charge in [0.25, 0.3) is 5.79 Å². The third kappa shape index (κ3) is 2.18. The fourth-order valence-electron chi connectivity index (χ4n) is 2.06. The maximum Gasteiger partial charge on any atom is 0.349 e. The Kier molecular flexibility index (Phi) is 3.14. The third-order valence-corrected chi connectivity index (χ3v) is 3.06. The second-order valence-corrected chi connectivity index (χ2v) is 4.94. The lowest BCUT2D eigenvalue weighted by Gasteiger charge is -2.31. The average Bonchev–Trinajstić information content (AvgIpc) is 2.32. The van der Waals surface area contributed by atoms with Crippen LogP contribution in [0.1, 0.15) is 27.2 Å². The highest BCUT2D eigenvalue weighted by molar-refractivity contribution is 6.16. The third-order valence-electron chi connectivity index (χ3n) is 3.06. The Morgan fingerprint density at radius 3 is 2.35 bits per heavy atom. The molecule has 6 nitrogen and oxygen atoms in total. The van der Waals surface area contributed by atoms with Gasteiger partial charge < -0.3 is 14.6 Å². The van der Waals surface area contributed by atoms with Gasteiger partial charge >= 0.3 is 11.9 Å². The number of carbonyl (C=O) groups is 2. The molecule has 0 amide bonds. The first kappa shape index (κ1) is 13.9. The molecule has 0 bridgehead atoms. The highest BCUT2D eigenvalue weighted by atomic mass is 16.7. The molecular weight excluding hydrogens is 262 g/mol. The molecule has 6 heteroatoms. The van der Waals surface area contributed by atoms with Crippen LogP contribution in [0.4, 0.5) is 0 Å². The van der Waals surface area contributed by atoms with Crippen molar-refractivity contribution in [2.45, 2.75) is 33.0 Å². The maximum atomic E-state index is 11.9.